The SMILES string of the molecule is CCCCCCCCCC[C@@H]1OC(C)(C)O[C@@H]1CC/C=C/CC/C=C/CO. The van der Waals surface area contributed by atoms with Gasteiger partial charge in [0.1, 0.15) is 0 Å². The summed E-state index contributed by atoms with van der Waals surface area (Å²) in [6.07, 6.45) is 24.9. The van der Waals surface area contributed by atoms with E-state index in [9.17, 15) is 0 Å². The average molecular weight is 381 g/mol. The molecule has 3 nitrogen and oxygen atoms in total. The summed E-state index contributed by atoms with van der Waals surface area (Å²) in [4.78, 5) is 0. The molecule has 1 aliphatic rings. The summed E-state index contributed by atoms with van der Waals surface area (Å²) in [6.45, 7) is 6.49. The van der Waals surface area contributed by atoms with Crippen LogP contribution in [0.2, 0.25) is 0 Å². The molecule has 1 saturated heterocycles. The lowest BCUT2D eigenvalue weighted by Gasteiger charge is -2.16. The highest BCUT2D eigenvalue weighted by Crippen LogP contribution is 2.33. The second kappa shape index (κ2) is 15.3. The van der Waals surface area contributed by atoms with Crippen LogP contribution in [0.3, 0.4) is 0 Å². The molecular weight excluding hydrogens is 336 g/mol. The van der Waals surface area contributed by atoms with Crippen molar-refractivity contribution >= 4 is 0 Å². The van der Waals surface area contributed by atoms with Gasteiger partial charge in [0, 0.05) is 0 Å². The van der Waals surface area contributed by atoms with Crippen molar-refractivity contribution in [1.82, 2.24) is 0 Å². The van der Waals surface area contributed by atoms with E-state index in [1.165, 1.54) is 51.4 Å². The Morgan fingerprint density at radius 2 is 1.22 bits per heavy atom. The van der Waals surface area contributed by atoms with Crippen LogP contribution in [0.15, 0.2) is 24.3 Å². The van der Waals surface area contributed by atoms with Gasteiger partial charge in [-0.2, -0.15) is 0 Å². The maximum Gasteiger partial charge on any atom is 0.163 e. The summed E-state index contributed by atoms with van der Waals surface area (Å²) in [5.41, 5.74) is 0. The van der Waals surface area contributed by atoms with Gasteiger partial charge < -0.3 is 14.6 Å². The van der Waals surface area contributed by atoms with Crippen molar-refractivity contribution in [2.45, 2.75) is 122 Å². The highest BCUT2D eigenvalue weighted by atomic mass is 16.7. The number of hydrogen-bond acceptors (Lipinski definition) is 3. The normalized spacial score (nSPS) is 22.4. The predicted octanol–water partition coefficient (Wildman–Crippen LogP) is 6.70. The van der Waals surface area contributed by atoms with Crippen molar-refractivity contribution in [3.8, 4) is 0 Å². The molecule has 0 radical (unpaired) electrons. The second-order valence-corrected chi connectivity index (χ2v) is 8.26. The van der Waals surface area contributed by atoms with Crippen LogP contribution in [0.4, 0.5) is 0 Å². The third-order valence-corrected chi connectivity index (χ3v) is 5.18. The van der Waals surface area contributed by atoms with E-state index in [0.717, 1.165) is 32.1 Å². The van der Waals surface area contributed by atoms with Gasteiger partial charge in [-0.3, -0.25) is 0 Å². The first kappa shape index (κ1) is 24.4. The standard InChI is InChI=1S/C24H44O3/c1-4-5-6-7-8-10-13-16-19-22-23(27-24(2,3)26-22)20-17-14-11-9-12-15-18-21-25/h11,14-15,18,22-23,25H,4-10,12-13,16-17,19-21H2,1-3H3/b14-11+,18-15+/t22-,23+/m0/s1. The maximum atomic E-state index is 8.70. The molecule has 1 N–H and O–H groups in total. The van der Waals surface area contributed by atoms with Gasteiger partial charge in [0.15, 0.2) is 5.79 Å². The van der Waals surface area contributed by atoms with Crippen molar-refractivity contribution in [3.63, 3.8) is 0 Å². The van der Waals surface area contributed by atoms with Crippen LogP contribution in [0.5, 0.6) is 0 Å². The average Bonchev–Trinajstić information content (AvgIpc) is 2.93. The highest BCUT2D eigenvalue weighted by Gasteiger charge is 2.40. The zero-order valence-corrected chi connectivity index (χ0v) is 18.1. The molecule has 0 aliphatic carbocycles. The molecule has 0 bridgehead atoms. The first-order chi connectivity index (χ1) is 13.1. The number of rotatable bonds is 16. The lowest BCUT2D eigenvalue weighted by Crippen LogP contribution is -2.22. The van der Waals surface area contributed by atoms with Gasteiger partial charge in [0.25, 0.3) is 0 Å². The van der Waals surface area contributed by atoms with Crippen LogP contribution in [0, 0.1) is 0 Å². The molecule has 1 heterocycles. The molecule has 0 unspecified atom stereocenters. The van der Waals surface area contributed by atoms with E-state index in [0.29, 0.717) is 0 Å². The van der Waals surface area contributed by atoms with Gasteiger partial charge in [0.05, 0.1) is 18.8 Å². The molecule has 0 aromatic heterocycles. The smallest absolute Gasteiger partial charge is 0.163 e. The minimum atomic E-state index is -0.436. The van der Waals surface area contributed by atoms with Crippen LogP contribution >= 0.6 is 0 Å². The van der Waals surface area contributed by atoms with Gasteiger partial charge in [-0.15, -0.1) is 0 Å². The van der Waals surface area contributed by atoms with Crippen LogP contribution in [0.1, 0.15) is 104 Å². The highest BCUT2D eigenvalue weighted by molar-refractivity contribution is 4.90. The monoisotopic (exact) mass is 380 g/mol. The Bertz CT molecular complexity index is 400. The number of allylic oxidation sites excluding steroid dienone is 3. The summed E-state index contributed by atoms with van der Waals surface area (Å²) in [5, 5.41) is 8.70. The van der Waals surface area contributed by atoms with Gasteiger partial charge >= 0.3 is 0 Å². The Kier molecular flexibility index (Phi) is 13.8. The Balaban J connectivity index is 2.17. The Labute approximate surface area is 168 Å². The van der Waals surface area contributed by atoms with E-state index < -0.39 is 5.79 Å². The molecule has 27 heavy (non-hydrogen) atoms. The maximum absolute atomic E-state index is 8.70. The molecule has 1 rings (SSSR count). The van der Waals surface area contributed by atoms with Crippen LogP contribution in [-0.4, -0.2) is 29.7 Å². The Hall–Kier alpha value is -0.640. The summed E-state index contributed by atoms with van der Waals surface area (Å²) in [7, 11) is 0. The van der Waals surface area contributed by atoms with Crippen molar-refractivity contribution in [1.29, 1.82) is 0 Å². The summed E-state index contributed by atoms with van der Waals surface area (Å²) in [5.74, 6) is -0.436. The number of aliphatic hydroxyl groups is 1. The van der Waals surface area contributed by atoms with E-state index >= 15 is 0 Å². The first-order valence-electron chi connectivity index (χ1n) is 11.4. The Morgan fingerprint density at radius 3 is 1.85 bits per heavy atom. The van der Waals surface area contributed by atoms with Crippen LogP contribution in [0.25, 0.3) is 0 Å². The number of hydrogen-bond donors (Lipinski definition) is 1. The van der Waals surface area contributed by atoms with Crippen molar-refractivity contribution in [3.05, 3.63) is 24.3 Å². The minimum absolute atomic E-state index is 0.138. The van der Waals surface area contributed by atoms with Gasteiger partial charge in [-0.25, -0.2) is 0 Å². The van der Waals surface area contributed by atoms with E-state index in [2.05, 4.69) is 19.1 Å². The third kappa shape index (κ3) is 12.4. The van der Waals surface area contributed by atoms with Crippen molar-refractivity contribution in [2.24, 2.45) is 0 Å². The summed E-state index contributed by atoms with van der Waals surface area (Å²) >= 11 is 0. The van der Waals surface area contributed by atoms with Gasteiger partial charge in [-0.05, 0) is 46.0 Å². The number of aliphatic hydroxyl groups excluding tert-OH is 1. The van der Waals surface area contributed by atoms with Crippen molar-refractivity contribution < 1.29 is 14.6 Å². The summed E-state index contributed by atoms with van der Waals surface area (Å²) < 4.78 is 12.3. The fourth-order valence-corrected chi connectivity index (χ4v) is 3.76. The van der Waals surface area contributed by atoms with E-state index in [1.54, 1.807) is 6.08 Å². The summed E-state index contributed by atoms with van der Waals surface area (Å²) in [6, 6.07) is 0. The molecule has 1 fully saturated rings. The molecule has 0 saturated carbocycles. The number of unbranched alkanes of at least 4 members (excludes halogenated alkanes) is 8. The van der Waals surface area contributed by atoms with Crippen molar-refractivity contribution in [2.75, 3.05) is 6.61 Å². The molecule has 158 valence electrons. The molecule has 0 aromatic rings. The molecule has 0 spiro atoms. The molecule has 0 amide bonds. The van der Waals surface area contributed by atoms with E-state index in [4.69, 9.17) is 14.6 Å². The zero-order chi connectivity index (χ0) is 19.8. The Morgan fingerprint density at radius 1 is 0.704 bits per heavy atom. The molecule has 1 aliphatic heterocycles. The fourth-order valence-electron chi connectivity index (χ4n) is 3.76. The minimum Gasteiger partial charge on any atom is -0.392 e. The lowest BCUT2D eigenvalue weighted by molar-refractivity contribution is -0.147. The zero-order valence-electron chi connectivity index (χ0n) is 18.1. The van der Waals surface area contributed by atoms with Gasteiger partial charge in [-0.1, -0.05) is 82.6 Å². The van der Waals surface area contributed by atoms with Crippen LogP contribution in [-0.2, 0) is 9.47 Å². The topological polar surface area (TPSA) is 38.7 Å². The molecular formula is C24H44O3. The third-order valence-electron chi connectivity index (χ3n) is 5.18. The van der Waals surface area contributed by atoms with Crippen LogP contribution < -0.4 is 0 Å². The lowest BCUT2D eigenvalue weighted by atomic mass is 10.0. The quantitative estimate of drug-likeness (QED) is 0.239. The van der Waals surface area contributed by atoms with E-state index in [1.807, 2.05) is 19.9 Å². The molecule has 3 heteroatoms. The molecule has 2 atom stereocenters. The fraction of sp³-hybridized carbons (Fsp3) is 0.833. The molecule has 0 aromatic carbocycles. The predicted molar refractivity (Wildman–Crippen MR) is 115 cm³/mol. The van der Waals surface area contributed by atoms with E-state index in [-0.39, 0.29) is 18.8 Å². The first-order valence-corrected chi connectivity index (χ1v) is 11.4. The second-order valence-electron chi connectivity index (χ2n) is 8.26. The number of ether oxygens (including phenoxy) is 2. The van der Waals surface area contributed by atoms with Gasteiger partial charge in [0.2, 0.25) is 0 Å². The largest absolute Gasteiger partial charge is 0.392 e.